The number of carbonyl (C=O) groups excluding carboxylic acids is 2. The second kappa shape index (κ2) is 6.56. The lowest BCUT2D eigenvalue weighted by Gasteiger charge is -2.46. The molecule has 1 fully saturated rings. The molecule has 3 rings (SSSR count). The first-order valence-electron chi connectivity index (χ1n) is 8.06. The molecular formula is C17H19BrClFN2O4. The van der Waals surface area contributed by atoms with Crippen LogP contribution < -0.4 is 9.64 Å². The van der Waals surface area contributed by atoms with E-state index in [1.165, 1.54) is 9.80 Å². The highest BCUT2D eigenvalue weighted by Gasteiger charge is 2.49. The Labute approximate surface area is 164 Å². The van der Waals surface area contributed by atoms with Crippen LogP contribution in [0.5, 0.6) is 5.75 Å². The van der Waals surface area contributed by atoms with Crippen molar-refractivity contribution in [1.82, 2.24) is 4.90 Å². The minimum Gasteiger partial charge on any atom is -0.482 e. The van der Waals surface area contributed by atoms with E-state index >= 15 is 4.39 Å². The Morgan fingerprint density at radius 2 is 2.08 bits per heavy atom. The van der Waals surface area contributed by atoms with Gasteiger partial charge in [-0.1, -0.05) is 11.6 Å². The van der Waals surface area contributed by atoms with Crippen LogP contribution in [0.4, 0.5) is 14.9 Å². The van der Waals surface area contributed by atoms with Gasteiger partial charge in [0.1, 0.15) is 11.4 Å². The summed E-state index contributed by atoms with van der Waals surface area (Å²) in [6.07, 6.45) is -0.563. The van der Waals surface area contributed by atoms with Crippen LogP contribution in [-0.2, 0) is 9.53 Å². The molecule has 1 aromatic carbocycles. The second-order valence-corrected chi connectivity index (χ2v) is 8.75. The zero-order valence-electron chi connectivity index (χ0n) is 14.6. The van der Waals surface area contributed by atoms with E-state index in [-0.39, 0.29) is 32.1 Å². The number of ether oxygens (including phenoxy) is 2. The van der Waals surface area contributed by atoms with E-state index in [1.807, 2.05) is 0 Å². The Morgan fingerprint density at radius 3 is 2.69 bits per heavy atom. The minimum absolute atomic E-state index is 0.133. The first-order chi connectivity index (χ1) is 12.0. The molecule has 2 aliphatic rings. The maximum absolute atomic E-state index is 15.1. The fourth-order valence-corrected chi connectivity index (χ4v) is 3.33. The van der Waals surface area contributed by atoms with Crippen molar-refractivity contribution in [2.45, 2.75) is 32.0 Å². The summed E-state index contributed by atoms with van der Waals surface area (Å²) in [6.45, 7) is 4.63. The summed E-state index contributed by atoms with van der Waals surface area (Å²) in [4.78, 5) is 26.8. The summed E-state index contributed by atoms with van der Waals surface area (Å²) in [6, 6.07) is 3.21. The van der Waals surface area contributed by atoms with Crippen molar-refractivity contribution < 1.29 is 23.5 Å². The number of hydrogen-bond donors (Lipinski definition) is 0. The van der Waals surface area contributed by atoms with Crippen molar-refractivity contribution in [3.05, 3.63) is 21.6 Å². The number of rotatable bonds is 2. The normalized spacial score (nSPS) is 18.8. The van der Waals surface area contributed by atoms with Crippen LogP contribution in [0.25, 0.3) is 0 Å². The van der Waals surface area contributed by atoms with Gasteiger partial charge >= 0.3 is 6.09 Å². The smallest absolute Gasteiger partial charge is 0.410 e. The summed E-state index contributed by atoms with van der Waals surface area (Å²) in [7, 11) is 0. The topological polar surface area (TPSA) is 59.1 Å². The molecule has 9 heteroatoms. The molecule has 2 aliphatic heterocycles. The number of fused-ring (bicyclic) bond motifs is 1. The molecule has 1 aromatic rings. The van der Waals surface area contributed by atoms with Crippen molar-refractivity contribution in [1.29, 1.82) is 0 Å². The molecule has 1 saturated heterocycles. The highest BCUT2D eigenvalue weighted by atomic mass is 79.9. The van der Waals surface area contributed by atoms with Crippen LogP contribution >= 0.6 is 27.5 Å². The van der Waals surface area contributed by atoms with Crippen LogP contribution in [-0.4, -0.2) is 54.4 Å². The fraction of sp³-hybridized carbons (Fsp3) is 0.529. The third kappa shape index (κ3) is 3.91. The average Bonchev–Trinajstić information content (AvgIpc) is 2.48. The van der Waals surface area contributed by atoms with E-state index in [1.54, 1.807) is 32.9 Å². The highest BCUT2D eigenvalue weighted by Crippen LogP contribution is 2.40. The number of benzene rings is 1. The van der Waals surface area contributed by atoms with Gasteiger partial charge in [0.15, 0.2) is 12.3 Å². The van der Waals surface area contributed by atoms with Gasteiger partial charge in [0.05, 0.1) is 30.3 Å². The molecule has 0 aromatic heterocycles. The van der Waals surface area contributed by atoms with Crippen molar-refractivity contribution in [3.63, 3.8) is 0 Å². The molecule has 26 heavy (non-hydrogen) atoms. The van der Waals surface area contributed by atoms with Crippen molar-refractivity contribution in [3.8, 4) is 5.75 Å². The van der Waals surface area contributed by atoms with Gasteiger partial charge in [-0.05, 0) is 48.8 Å². The zero-order chi connectivity index (χ0) is 19.3. The number of hydrogen-bond acceptors (Lipinski definition) is 4. The third-order valence-electron chi connectivity index (χ3n) is 3.99. The van der Waals surface area contributed by atoms with E-state index in [2.05, 4.69) is 15.9 Å². The first-order valence-corrected chi connectivity index (χ1v) is 9.24. The zero-order valence-corrected chi connectivity index (χ0v) is 17.0. The van der Waals surface area contributed by atoms with Gasteiger partial charge in [0.2, 0.25) is 0 Å². The average molecular weight is 450 g/mol. The highest BCUT2D eigenvalue weighted by molar-refractivity contribution is 9.10. The third-order valence-corrected chi connectivity index (χ3v) is 5.18. The van der Waals surface area contributed by atoms with E-state index in [0.717, 1.165) is 0 Å². The van der Waals surface area contributed by atoms with E-state index in [9.17, 15) is 9.59 Å². The number of alkyl halides is 1. The molecule has 0 atom stereocenters. The van der Waals surface area contributed by atoms with E-state index in [4.69, 9.17) is 21.1 Å². The first kappa shape index (κ1) is 19.2. The Bertz CT molecular complexity index is 762. The maximum atomic E-state index is 15.1. The van der Waals surface area contributed by atoms with Gasteiger partial charge in [-0.15, -0.1) is 0 Å². The van der Waals surface area contributed by atoms with E-state index < -0.39 is 17.4 Å². The van der Waals surface area contributed by atoms with Crippen molar-refractivity contribution in [2.75, 3.05) is 31.1 Å². The molecular weight excluding hydrogens is 431 g/mol. The second-order valence-electron chi connectivity index (χ2n) is 7.49. The standard InChI is InChI=1S/C17H19BrClFN2O4/c1-16(2,3)26-15(24)21-7-17(20,8-21)9-22-12-5-11(19)10(18)4-13(12)25-6-14(22)23/h4-5H,6-9H2,1-3H3. The Kier molecular flexibility index (Phi) is 4.85. The summed E-state index contributed by atoms with van der Waals surface area (Å²) in [5.74, 6) is 0.0939. The van der Waals surface area contributed by atoms with Gasteiger partial charge in [-0.25, -0.2) is 9.18 Å². The fourth-order valence-electron chi connectivity index (χ4n) is 2.85. The molecule has 6 nitrogen and oxygen atoms in total. The van der Waals surface area contributed by atoms with Gasteiger partial charge in [-0.3, -0.25) is 4.79 Å². The van der Waals surface area contributed by atoms with Crippen LogP contribution in [0.15, 0.2) is 16.6 Å². The lowest BCUT2D eigenvalue weighted by atomic mass is 9.95. The Hall–Kier alpha value is -1.54. The van der Waals surface area contributed by atoms with Crippen molar-refractivity contribution >= 4 is 45.2 Å². The summed E-state index contributed by atoms with van der Waals surface area (Å²) >= 11 is 9.40. The maximum Gasteiger partial charge on any atom is 0.410 e. The predicted octanol–water partition coefficient (Wildman–Crippen LogP) is 3.79. The van der Waals surface area contributed by atoms with E-state index in [0.29, 0.717) is 20.9 Å². The molecule has 0 aliphatic carbocycles. The molecule has 0 bridgehead atoms. The molecule has 0 radical (unpaired) electrons. The van der Waals surface area contributed by atoms with Gasteiger partial charge < -0.3 is 19.3 Å². The number of anilines is 1. The monoisotopic (exact) mass is 448 g/mol. The number of carbonyl (C=O) groups is 2. The molecule has 2 heterocycles. The minimum atomic E-state index is -1.71. The molecule has 0 spiro atoms. The number of nitrogens with zero attached hydrogens (tertiary/aromatic N) is 2. The summed E-state index contributed by atoms with van der Waals surface area (Å²) in [5.41, 5.74) is -1.93. The largest absolute Gasteiger partial charge is 0.482 e. The quantitative estimate of drug-likeness (QED) is 0.689. The molecule has 0 N–H and O–H groups in total. The van der Waals surface area contributed by atoms with Crippen molar-refractivity contribution in [2.24, 2.45) is 0 Å². The molecule has 142 valence electrons. The van der Waals surface area contributed by atoms with Crippen LogP contribution in [0.2, 0.25) is 5.02 Å². The molecule has 0 unspecified atom stereocenters. The Morgan fingerprint density at radius 1 is 1.42 bits per heavy atom. The van der Waals surface area contributed by atoms with Crippen LogP contribution in [0.1, 0.15) is 20.8 Å². The van der Waals surface area contributed by atoms with Gasteiger partial charge in [0.25, 0.3) is 5.91 Å². The lowest BCUT2D eigenvalue weighted by Crippen LogP contribution is -2.66. The van der Waals surface area contributed by atoms with Gasteiger partial charge in [0, 0.05) is 4.47 Å². The SMILES string of the molecule is CC(C)(C)OC(=O)N1CC(F)(CN2C(=O)COc3cc(Br)c(Cl)cc32)C1. The predicted molar refractivity (Wildman–Crippen MR) is 98.6 cm³/mol. The molecule has 0 saturated carbocycles. The molecule has 2 amide bonds. The summed E-state index contributed by atoms with van der Waals surface area (Å²) < 4.78 is 26.3. The number of halogens is 3. The number of amides is 2. The summed E-state index contributed by atoms with van der Waals surface area (Å²) in [5, 5.41) is 0.393. The van der Waals surface area contributed by atoms with Gasteiger partial charge in [-0.2, -0.15) is 0 Å². The number of likely N-dealkylation sites (tertiary alicyclic amines) is 1. The van der Waals surface area contributed by atoms with Crippen LogP contribution in [0, 0.1) is 0 Å². The lowest BCUT2D eigenvalue weighted by molar-refractivity contribution is -0.122. The van der Waals surface area contributed by atoms with Crippen LogP contribution in [0.3, 0.4) is 0 Å². The Balaban J connectivity index is 1.71.